The summed E-state index contributed by atoms with van der Waals surface area (Å²) in [6.45, 7) is 3.52. The average Bonchev–Trinajstić information content (AvgIpc) is 3.27. The first-order chi connectivity index (χ1) is 14.3. The van der Waals surface area contributed by atoms with Crippen LogP contribution in [0.1, 0.15) is 24.2 Å². The first-order valence-corrected chi connectivity index (χ1v) is 11.5. The van der Waals surface area contributed by atoms with Crippen LogP contribution in [0.5, 0.6) is 0 Å². The van der Waals surface area contributed by atoms with Gasteiger partial charge < -0.3 is 9.73 Å². The van der Waals surface area contributed by atoms with Crippen molar-refractivity contribution < 1.29 is 9.21 Å². The smallest absolute Gasteiger partial charge is 0.224 e. The summed E-state index contributed by atoms with van der Waals surface area (Å²) >= 11 is 1.78. The van der Waals surface area contributed by atoms with Crippen molar-refractivity contribution in [1.29, 1.82) is 0 Å². The molecular formula is C24H28N2O2S. The van der Waals surface area contributed by atoms with Crippen molar-refractivity contribution in [2.75, 3.05) is 25.4 Å². The third-order valence-electron chi connectivity index (χ3n) is 5.52. The second-order valence-electron chi connectivity index (χ2n) is 7.64. The van der Waals surface area contributed by atoms with Gasteiger partial charge in [-0.1, -0.05) is 42.5 Å². The van der Waals surface area contributed by atoms with Gasteiger partial charge in [-0.15, -0.1) is 0 Å². The number of thioether (sulfide) groups is 1. The highest BCUT2D eigenvalue weighted by Crippen LogP contribution is 2.23. The van der Waals surface area contributed by atoms with Gasteiger partial charge in [-0.05, 0) is 47.9 Å². The van der Waals surface area contributed by atoms with Crippen LogP contribution in [0, 0.1) is 5.92 Å². The van der Waals surface area contributed by atoms with E-state index in [-0.39, 0.29) is 11.8 Å². The standard InChI is InChI=1S/C24H28N2O2S/c27-24(25-12-15-29-18-22-10-5-14-28-22)21-9-4-13-26(17-21)16-20-8-3-7-19-6-1-2-11-23(19)20/h1-3,5-8,10-11,14,21H,4,9,12-13,15-18H2,(H,25,27). The van der Waals surface area contributed by atoms with Crippen molar-refractivity contribution in [3.05, 3.63) is 72.2 Å². The van der Waals surface area contributed by atoms with Crippen LogP contribution in [-0.2, 0) is 17.1 Å². The van der Waals surface area contributed by atoms with E-state index in [1.54, 1.807) is 18.0 Å². The molecule has 1 N–H and O–H groups in total. The highest BCUT2D eigenvalue weighted by Gasteiger charge is 2.25. The number of furan rings is 1. The Morgan fingerprint density at radius 3 is 2.93 bits per heavy atom. The summed E-state index contributed by atoms with van der Waals surface area (Å²) in [6, 6.07) is 18.9. The number of hydrogen-bond acceptors (Lipinski definition) is 4. The normalized spacial score (nSPS) is 17.4. The number of amides is 1. The number of rotatable bonds is 8. The number of carbonyl (C=O) groups is 1. The van der Waals surface area contributed by atoms with E-state index in [9.17, 15) is 4.79 Å². The molecule has 1 aromatic heterocycles. The zero-order valence-electron chi connectivity index (χ0n) is 16.7. The maximum absolute atomic E-state index is 12.6. The summed E-state index contributed by atoms with van der Waals surface area (Å²) in [5.74, 6) is 3.03. The summed E-state index contributed by atoms with van der Waals surface area (Å²) in [4.78, 5) is 15.1. The van der Waals surface area contributed by atoms with Crippen molar-refractivity contribution in [2.24, 2.45) is 5.92 Å². The maximum Gasteiger partial charge on any atom is 0.224 e. The zero-order chi connectivity index (χ0) is 19.9. The van der Waals surface area contributed by atoms with E-state index < -0.39 is 0 Å². The van der Waals surface area contributed by atoms with Crippen molar-refractivity contribution in [2.45, 2.75) is 25.1 Å². The van der Waals surface area contributed by atoms with Gasteiger partial charge in [-0.3, -0.25) is 9.69 Å². The molecule has 4 rings (SSSR count). The van der Waals surface area contributed by atoms with Gasteiger partial charge in [-0.2, -0.15) is 11.8 Å². The summed E-state index contributed by atoms with van der Waals surface area (Å²) in [6.07, 6.45) is 3.76. The molecule has 152 valence electrons. The number of nitrogens with one attached hydrogen (secondary N) is 1. The van der Waals surface area contributed by atoms with Crippen LogP contribution in [-0.4, -0.2) is 36.2 Å². The molecule has 1 aliphatic rings. The topological polar surface area (TPSA) is 45.5 Å². The van der Waals surface area contributed by atoms with Gasteiger partial charge in [0.1, 0.15) is 5.76 Å². The number of benzene rings is 2. The Labute approximate surface area is 176 Å². The lowest BCUT2D eigenvalue weighted by atomic mass is 9.96. The first-order valence-electron chi connectivity index (χ1n) is 10.4. The summed E-state index contributed by atoms with van der Waals surface area (Å²) in [5.41, 5.74) is 1.35. The molecule has 0 saturated carbocycles. The second-order valence-corrected chi connectivity index (χ2v) is 8.74. The predicted molar refractivity (Wildman–Crippen MR) is 120 cm³/mol. The van der Waals surface area contributed by atoms with E-state index >= 15 is 0 Å². The van der Waals surface area contributed by atoms with Crippen molar-refractivity contribution >= 4 is 28.4 Å². The van der Waals surface area contributed by atoms with Crippen LogP contribution in [0.4, 0.5) is 0 Å². The van der Waals surface area contributed by atoms with Gasteiger partial charge in [0.05, 0.1) is 17.9 Å². The third-order valence-corrected chi connectivity index (χ3v) is 6.50. The van der Waals surface area contributed by atoms with E-state index in [1.165, 1.54) is 16.3 Å². The van der Waals surface area contributed by atoms with E-state index in [0.717, 1.165) is 49.7 Å². The fraction of sp³-hybridized carbons (Fsp3) is 0.375. The Morgan fingerprint density at radius 1 is 1.14 bits per heavy atom. The molecule has 29 heavy (non-hydrogen) atoms. The Bertz CT molecular complexity index is 920. The largest absolute Gasteiger partial charge is 0.468 e. The third kappa shape index (κ3) is 5.43. The van der Waals surface area contributed by atoms with Gasteiger partial charge in [-0.25, -0.2) is 0 Å². The highest BCUT2D eigenvalue weighted by molar-refractivity contribution is 7.98. The molecule has 1 unspecified atom stereocenters. The zero-order valence-corrected chi connectivity index (χ0v) is 17.5. The molecule has 0 aliphatic carbocycles. The van der Waals surface area contributed by atoms with Crippen LogP contribution < -0.4 is 5.32 Å². The van der Waals surface area contributed by atoms with Gasteiger partial charge in [0.15, 0.2) is 0 Å². The minimum absolute atomic E-state index is 0.0915. The van der Waals surface area contributed by atoms with Gasteiger partial charge in [0, 0.05) is 25.4 Å². The lowest BCUT2D eigenvalue weighted by molar-refractivity contribution is -0.126. The number of carbonyl (C=O) groups excluding carboxylic acids is 1. The van der Waals surface area contributed by atoms with Crippen LogP contribution in [0.25, 0.3) is 10.8 Å². The van der Waals surface area contributed by atoms with Gasteiger partial charge in [0.2, 0.25) is 5.91 Å². The maximum atomic E-state index is 12.6. The molecule has 1 amide bonds. The SMILES string of the molecule is O=C(NCCSCc1ccco1)C1CCCN(Cc2cccc3ccccc23)C1. The van der Waals surface area contributed by atoms with E-state index in [1.807, 2.05) is 12.1 Å². The number of hydrogen-bond donors (Lipinski definition) is 1. The minimum Gasteiger partial charge on any atom is -0.468 e. The Balaban J connectivity index is 1.25. The molecule has 1 atom stereocenters. The summed E-state index contributed by atoms with van der Waals surface area (Å²) in [5, 5.41) is 5.73. The molecule has 0 bridgehead atoms. The van der Waals surface area contributed by atoms with E-state index in [4.69, 9.17) is 4.42 Å². The minimum atomic E-state index is 0.0915. The number of piperidine rings is 1. The molecule has 0 spiro atoms. The molecule has 1 saturated heterocycles. The molecular weight excluding hydrogens is 380 g/mol. The van der Waals surface area contributed by atoms with E-state index in [2.05, 4.69) is 52.7 Å². The van der Waals surface area contributed by atoms with Crippen LogP contribution in [0.3, 0.4) is 0 Å². The van der Waals surface area contributed by atoms with Crippen molar-refractivity contribution in [1.82, 2.24) is 10.2 Å². The fourth-order valence-electron chi connectivity index (χ4n) is 4.04. The monoisotopic (exact) mass is 408 g/mol. The van der Waals surface area contributed by atoms with Crippen LogP contribution >= 0.6 is 11.8 Å². The lowest BCUT2D eigenvalue weighted by Crippen LogP contribution is -2.43. The predicted octanol–water partition coefficient (Wildman–Crippen LogP) is 4.69. The lowest BCUT2D eigenvalue weighted by Gasteiger charge is -2.32. The molecule has 1 fully saturated rings. The Kier molecular flexibility index (Phi) is 6.91. The quantitative estimate of drug-likeness (QED) is 0.549. The molecule has 1 aliphatic heterocycles. The molecule has 0 radical (unpaired) electrons. The first kappa shape index (κ1) is 20.0. The van der Waals surface area contributed by atoms with Gasteiger partial charge >= 0.3 is 0 Å². The Morgan fingerprint density at radius 2 is 2.03 bits per heavy atom. The summed E-state index contributed by atoms with van der Waals surface area (Å²) < 4.78 is 5.33. The molecule has 2 heterocycles. The number of fused-ring (bicyclic) bond motifs is 1. The molecule has 4 nitrogen and oxygen atoms in total. The average molecular weight is 409 g/mol. The van der Waals surface area contributed by atoms with Crippen molar-refractivity contribution in [3.8, 4) is 0 Å². The summed E-state index contributed by atoms with van der Waals surface area (Å²) in [7, 11) is 0. The highest BCUT2D eigenvalue weighted by atomic mass is 32.2. The number of likely N-dealkylation sites (tertiary alicyclic amines) is 1. The Hall–Kier alpha value is -2.24. The van der Waals surface area contributed by atoms with E-state index in [0.29, 0.717) is 6.54 Å². The fourth-order valence-corrected chi connectivity index (χ4v) is 4.80. The van der Waals surface area contributed by atoms with Gasteiger partial charge in [0.25, 0.3) is 0 Å². The van der Waals surface area contributed by atoms with Crippen LogP contribution in [0.2, 0.25) is 0 Å². The molecule has 2 aromatic carbocycles. The molecule has 5 heteroatoms. The van der Waals surface area contributed by atoms with Crippen molar-refractivity contribution in [3.63, 3.8) is 0 Å². The van der Waals surface area contributed by atoms with Crippen LogP contribution in [0.15, 0.2) is 65.3 Å². The number of nitrogens with zero attached hydrogens (tertiary/aromatic N) is 1. The molecule has 3 aromatic rings. The second kappa shape index (κ2) is 9.99.